The predicted octanol–water partition coefficient (Wildman–Crippen LogP) is 13.9. The van der Waals surface area contributed by atoms with Gasteiger partial charge in [-0.3, -0.25) is 0 Å². The van der Waals surface area contributed by atoms with Crippen LogP contribution < -0.4 is 4.90 Å². The Morgan fingerprint density at radius 3 is 1.94 bits per heavy atom. The van der Waals surface area contributed by atoms with Gasteiger partial charge in [0.1, 0.15) is 0 Å². The summed E-state index contributed by atoms with van der Waals surface area (Å²) in [6.45, 7) is 0. The summed E-state index contributed by atoms with van der Waals surface area (Å²) in [6.07, 6.45) is 5.44. The van der Waals surface area contributed by atoms with Crippen LogP contribution in [0, 0.1) is 11.8 Å². The second kappa shape index (κ2) is 11.6. The third-order valence-corrected chi connectivity index (χ3v) is 12.7. The zero-order valence-corrected chi connectivity index (χ0v) is 29.2. The van der Waals surface area contributed by atoms with Gasteiger partial charge < -0.3 is 4.90 Å². The first-order valence-corrected chi connectivity index (χ1v) is 19.0. The van der Waals surface area contributed by atoms with E-state index in [2.05, 4.69) is 181 Å². The van der Waals surface area contributed by atoms with Crippen molar-refractivity contribution < 1.29 is 0 Å². The van der Waals surface area contributed by atoms with E-state index >= 15 is 0 Å². The maximum absolute atomic E-state index is 2.58. The van der Waals surface area contributed by atoms with Gasteiger partial charge in [0.05, 0.1) is 5.69 Å². The molecule has 0 N–H and O–H groups in total. The van der Waals surface area contributed by atoms with Crippen LogP contribution in [0.5, 0.6) is 0 Å². The fourth-order valence-corrected chi connectivity index (χ4v) is 10.5. The van der Waals surface area contributed by atoms with Gasteiger partial charge in [0.2, 0.25) is 0 Å². The van der Waals surface area contributed by atoms with Crippen molar-refractivity contribution in [2.75, 3.05) is 4.90 Å². The van der Waals surface area contributed by atoms with Crippen LogP contribution in [0.2, 0.25) is 0 Å². The van der Waals surface area contributed by atoms with Gasteiger partial charge in [-0.15, -0.1) is 0 Å². The standard InChI is InChI=1S/C51H39N/c1-2-10-35(11-3-1)37-19-24-41(25-20-37)52(42-26-21-36-12-4-5-13-38(36)31-42)50-29-28-43(44-14-6-7-16-47(44)50)39-22-27-46-45-15-8-9-17-48(45)51(49(46)32-39)33-34-18-23-40(51)30-34/h1-17,19-22,24-29,31-32,34,40H,18,23,30,33H2. The molecule has 8 aromatic carbocycles. The molecule has 2 saturated carbocycles. The Morgan fingerprint density at radius 2 is 1.12 bits per heavy atom. The summed E-state index contributed by atoms with van der Waals surface area (Å²) in [7, 11) is 0. The third-order valence-electron chi connectivity index (χ3n) is 12.7. The lowest BCUT2D eigenvalue weighted by molar-refractivity contribution is 0.327. The van der Waals surface area contributed by atoms with Crippen LogP contribution in [0.1, 0.15) is 36.8 Å². The topological polar surface area (TPSA) is 3.24 Å². The van der Waals surface area contributed by atoms with E-state index in [1.165, 1.54) is 86.3 Å². The second-order valence-electron chi connectivity index (χ2n) is 15.3. The molecule has 248 valence electrons. The molecule has 8 aromatic rings. The molecule has 1 spiro atoms. The summed E-state index contributed by atoms with van der Waals surface area (Å²) in [5.74, 6) is 1.61. The number of hydrogen-bond acceptors (Lipinski definition) is 1. The first-order chi connectivity index (χ1) is 25.7. The van der Waals surface area contributed by atoms with E-state index in [0.717, 1.165) is 23.2 Å². The lowest BCUT2D eigenvalue weighted by Crippen LogP contribution is -2.31. The van der Waals surface area contributed by atoms with Crippen molar-refractivity contribution in [2.24, 2.45) is 11.8 Å². The molecule has 1 nitrogen and oxygen atoms in total. The van der Waals surface area contributed by atoms with E-state index in [1.807, 2.05) is 0 Å². The monoisotopic (exact) mass is 665 g/mol. The molecule has 0 saturated heterocycles. The molecule has 52 heavy (non-hydrogen) atoms. The Labute approximate surface area is 305 Å². The van der Waals surface area contributed by atoms with Gasteiger partial charge in [0.25, 0.3) is 0 Å². The quantitative estimate of drug-likeness (QED) is 0.177. The number of anilines is 3. The fourth-order valence-electron chi connectivity index (χ4n) is 10.5. The molecule has 3 atom stereocenters. The number of fused-ring (bicyclic) bond motifs is 10. The molecule has 11 rings (SSSR count). The van der Waals surface area contributed by atoms with E-state index < -0.39 is 0 Å². The maximum atomic E-state index is 2.58. The Kier molecular flexibility index (Phi) is 6.61. The van der Waals surface area contributed by atoms with E-state index in [9.17, 15) is 0 Å². The van der Waals surface area contributed by atoms with Crippen molar-refractivity contribution in [1.82, 2.24) is 0 Å². The van der Waals surface area contributed by atoms with E-state index in [-0.39, 0.29) is 5.41 Å². The van der Waals surface area contributed by atoms with Crippen molar-refractivity contribution >= 4 is 38.6 Å². The smallest absolute Gasteiger partial charge is 0.0540 e. The predicted molar refractivity (Wildman–Crippen MR) is 219 cm³/mol. The minimum atomic E-state index is 0.166. The van der Waals surface area contributed by atoms with Gasteiger partial charge in [0.15, 0.2) is 0 Å². The highest BCUT2D eigenvalue weighted by Gasteiger charge is 2.56. The summed E-state index contributed by atoms with van der Waals surface area (Å²) in [4.78, 5) is 2.44. The minimum absolute atomic E-state index is 0.166. The summed E-state index contributed by atoms with van der Waals surface area (Å²) in [5.41, 5.74) is 14.8. The lowest BCUT2D eigenvalue weighted by Gasteiger charge is -2.36. The Balaban J connectivity index is 1.08. The highest BCUT2D eigenvalue weighted by molar-refractivity contribution is 6.07. The molecule has 3 unspecified atom stereocenters. The van der Waals surface area contributed by atoms with Gasteiger partial charge in [0, 0.05) is 22.2 Å². The number of rotatable bonds is 5. The van der Waals surface area contributed by atoms with E-state index in [1.54, 1.807) is 11.1 Å². The van der Waals surface area contributed by atoms with Gasteiger partial charge in [-0.1, -0.05) is 146 Å². The summed E-state index contributed by atoms with van der Waals surface area (Å²) >= 11 is 0. The van der Waals surface area contributed by atoms with E-state index in [0.29, 0.717) is 0 Å². The first kappa shape index (κ1) is 29.8. The highest BCUT2D eigenvalue weighted by Crippen LogP contribution is 2.66. The van der Waals surface area contributed by atoms with E-state index in [4.69, 9.17) is 0 Å². The molecular weight excluding hydrogens is 627 g/mol. The van der Waals surface area contributed by atoms with Crippen LogP contribution in [0.25, 0.3) is 54.9 Å². The van der Waals surface area contributed by atoms with Crippen molar-refractivity contribution in [1.29, 1.82) is 0 Å². The van der Waals surface area contributed by atoms with Crippen molar-refractivity contribution in [3.63, 3.8) is 0 Å². The molecule has 3 aliphatic rings. The summed E-state index contributed by atoms with van der Waals surface area (Å²) < 4.78 is 0. The Hall–Kier alpha value is -5.92. The van der Waals surface area contributed by atoms with Crippen LogP contribution in [-0.2, 0) is 5.41 Å². The average molecular weight is 666 g/mol. The Bertz CT molecular complexity index is 2650. The number of benzene rings is 8. The molecule has 0 aromatic heterocycles. The SMILES string of the molecule is c1ccc(-c2ccc(N(c3ccc4ccccc4c3)c3ccc(-c4ccc5c(c4)C4(CC6CCC4C6)c4ccccc4-5)c4ccccc34)cc2)cc1. The molecule has 0 aliphatic heterocycles. The molecule has 2 fully saturated rings. The van der Waals surface area contributed by atoms with Gasteiger partial charge in [-0.05, 0) is 128 Å². The van der Waals surface area contributed by atoms with Crippen LogP contribution in [0.3, 0.4) is 0 Å². The van der Waals surface area contributed by atoms with Crippen LogP contribution in [-0.4, -0.2) is 0 Å². The average Bonchev–Trinajstić information content (AvgIpc) is 3.91. The first-order valence-electron chi connectivity index (χ1n) is 19.0. The zero-order chi connectivity index (χ0) is 34.2. The minimum Gasteiger partial charge on any atom is -0.310 e. The molecular formula is C51H39N. The van der Waals surface area contributed by atoms with Gasteiger partial charge in [-0.25, -0.2) is 0 Å². The number of nitrogens with zero attached hydrogens (tertiary/aromatic N) is 1. The molecule has 0 heterocycles. The molecule has 1 heteroatoms. The van der Waals surface area contributed by atoms with Crippen LogP contribution in [0.15, 0.2) is 176 Å². The maximum Gasteiger partial charge on any atom is 0.0540 e. The molecule has 0 radical (unpaired) electrons. The zero-order valence-electron chi connectivity index (χ0n) is 29.2. The molecule has 3 aliphatic carbocycles. The normalized spacial score (nSPS) is 19.7. The van der Waals surface area contributed by atoms with Crippen molar-refractivity contribution in [2.45, 2.75) is 31.1 Å². The summed E-state index contributed by atoms with van der Waals surface area (Å²) in [6, 6.07) is 65.6. The van der Waals surface area contributed by atoms with Crippen LogP contribution in [0.4, 0.5) is 17.1 Å². The van der Waals surface area contributed by atoms with Gasteiger partial charge in [-0.2, -0.15) is 0 Å². The fraction of sp³-hybridized carbons (Fsp3) is 0.137. The largest absolute Gasteiger partial charge is 0.310 e. The second-order valence-corrected chi connectivity index (χ2v) is 15.3. The lowest BCUT2D eigenvalue weighted by atomic mass is 9.66. The van der Waals surface area contributed by atoms with Crippen molar-refractivity contribution in [3.05, 3.63) is 187 Å². The van der Waals surface area contributed by atoms with Gasteiger partial charge >= 0.3 is 0 Å². The molecule has 0 amide bonds. The number of hydrogen-bond donors (Lipinski definition) is 0. The Morgan fingerprint density at radius 1 is 0.442 bits per heavy atom. The third kappa shape index (κ3) is 4.42. The molecule has 2 bridgehead atoms. The van der Waals surface area contributed by atoms with Crippen LogP contribution >= 0.6 is 0 Å². The van der Waals surface area contributed by atoms with Crippen molar-refractivity contribution in [3.8, 4) is 33.4 Å². The summed E-state index contributed by atoms with van der Waals surface area (Å²) in [5, 5.41) is 5.02. The highest BCUT2D eigenvalue weighted by atomic mass is 15.1.